The molecule has 1 heterocycles. The van der Waals surface area contributed by atoms with Gasteiger partial charge in [0.05, 0.1) is 5.92 Å². The second-order valence-corrected chi connectivity index (χ2v) is 4.67. The van der Waals surface area contributed by atoms with Crippen LogP contribution in [0.15, 0.2) is 12.2 Å². The second kappa shape index (κ2) is 3.92. The van der Waals surface area contributed by atoms with Crippen molar-refractivity contribution < 1.29 is 19.1 Å². The van der Waals surface area contributed by atoms with E-state index in [2.05, 4.69) is 6.58 Å². The van der Waals surface area contributed by atoms with Crippen LogP contribution in [-0.4, -0.2) is 24.1 Å². The highest BCUT2D eigenvalue weighted by Crippen LogP contribution is 2.40. The topological polar surface area (TPSA) is 52.6 Å². The van der Waals surface area contributed by atoms with Crippen molar-refractivity contribution in [3.8, 4) is 0 Å². The Morgan fingerprint density at radius 1 is 1.50 bits per heavy atom. The van der Waals surface area contributed by atoms with E-state index >= 15 is 0 Å². The molecule has 2 rings (SSSR count). The third-order valence-electron chi connectivity index (χ3n) is 3.44. The molecule has 1 saturated heterocycles. The van der Waals surface area contributed by atoms with Crippen molar-refractivity contribution >= 4 is 11.9 Å². The maximum absolute atomic E-state index is 11.5. The van der Waals surface area contributed by atoms with Crippen molar-refractivity contribution in [2.75, 3.05) is 0 Å². The molecule has 2 fully saturated rings. The van der Waals surface area contributed by atoms with Gasteiger partial charge in [-0.15, -0.1) is 0 Å². The van der Waals surface area contributed by atoms with Crippen molar-refractivity contribution in [1.29, 1.82) is 0 Å². The monoisotopic (exact) mass is 224 g/mol. The molecule has 0 aromatic carbocycles. The second-order valence-electron chi connectivity index (χ2n) is 4.67. The van der Waals surface area contributed by atoms with Crippen molar-refractivity contribution in [3.63, 3.8) is 0 Å². The molecule has 0 aromatic heterocycles. The van der Waals surface area contributed by atoms with Gasteiger partial charge in [0.25, 0.3) is 0 Å². The lowest BCUT2D eigenvalue weighted by Crippen LogP contribution is -2.39. The minimum atomic E-state index is -0.404. The molecule has 0 aromatic rings. The van der Waals surface area contributed by atoms with Gasteiger partial charge >= 0.3 is 11.9 Å². The van der Waals surface area contributed by atoms with Crippen LogP contribution in [0.4, 0.5) is 0 Å². The lowest BCUT2D eigenvalue weighted by molar-refractivity contribution is -0.158. The zero-order valence-corrected chi connectivity index (χ0v) is 9.56. The first-order valence-corrected chi connectivity index (χ1v) is 5.57. The van der Waals surface area contributed by atoms with E-state index in [1.165, 1.54) is 0 Å². The van der Waals surface area contributed by atoms with Crippen LogP contribution in [0.25, 0.3) is 0 Å². The average Bonchev–Trinajstić information content (AvgIpc) is 2.41. The summed E-state index contributed by atoms with van der Waals surface area (Å²) in [5.74, 6) is -0.418. The van der Waals surface area contributed by atoms with Crippen LogP contribution < -0.4 is 0 Å². The van der Waals surface area contributed by atoms with Crippen LogP contribution >= 0.6 is 0 Å². The predicted molar refractivity (Wildman–Crippen MR) is 56.5 cm³/mol. The van der Waals surface area contributed by atoms with Gasteiger partial charge in [0.1, 0.15) is 12.2 Å². The van der Waals surface area contributed by atoms with Crippen LogP contribution in [0.5, 0.6) is 0 Å². The average molecular weight is 224 g/mol. The van der Waals surface area contributed by atoms with Gasteiger partial charge in [-0.1, -0.05) is 13.5 Å². The molecular weight excluding hydrogens is 208 g/mol. The number of fused-ring (bicyclic) bond motifs is 2. The van der Waals surface area contributed by atoms with E-state index in [1.54, 1.807) is 6.92 Å². The van der Waals surface area contributed by atoms with E-state index in [1.807, 2.05) is 6.92 Å². The molecule has 2 bridgehead atoms. The molecule has 1 aliphatic heterocycles. The summed E-state index contributed by atoms with van der Waals surface area (Å²) in [6, 6.07) is 0. The summed E-state index contributed by atoms with van der Waals surface area (Å²) in [6.07, 6.45) is 0.867. The smallest absolute Gasteiger partial charge is 0.333 e. The summed E-state index contributed by atoms with van der Waals surface area (Å²) in [7, 11) is 0. The maximum Gasteiger partial charge on any atom is 0.333 e. The summed E-state index contributed by atoms with van der Waals surface area (Å²) < 4.78 is 10.5. The Bertz CT molecular complexity index is 347. The predicted octanol–water partition coefficient (Wildman–Crippen LogP) is 1.45. The summed E-state index contributed by atoms with van der Waals surface area (Å²) >= 11 is 0. The van der Waals surface area contributed by atoms with Gasteiger partial charge in [-0.25, -0.2) is 4.79 Å². The third kappa shape index (κ3) is 1.72. The standard InChI is InChI=1S/C12H16O4/c1-6(2)11(13)15-9-5-4-8-7(3)10(9)16-12(8)14/h7-10H,1,4-5H2,2-3H3. The Labute approximate surface area is 94.6 Å². The van der Waals surface area contributed by atoms with Gasteiger partial charge in [-0.2, -0.15) is 0 Å². The lowest BCUT2D eigenvalue weighted by atomic mass is 9.79. The fourth-order valence-electron chi connectivity index (χ4n) is 2.44. The minimum absolute atomic E-state index is 0.00946. The molecule has 0 radical (unpaired) electrons. The molecule has 88 valence electrons. The quantitative estimate of drug-likeness (QED) is 0.526. The van der Waals surface area contributed by atoms with E-state index in [-0.39, 0.29) is 30.0 Å². The molecule has 1 saturated carbocycles. The normalized spacial score (nSPS) is 36.8. The molecular formula is C12H16O4. The van der Waals surface area contributed by atoms with E-state index in [4.69, 9.17) is 9.47 Å². The molecule has 0 N–H and O–H groups in total. The fourth-order valence-corrected chi connectivity index (χ4v) is 2.44. The van der Waals surface area contributed by atoms with Gasteiger partial charge in [-0.3, -0.25) is 4.79 Å². The first kappa shape index (κ1) is 11.2. The van der Waals surface area contributed by atoms with Crippen LogP contribution in [0.2, 0.25) is 0 Å². The van der Waals surface area contributed by atoms with Crippen molar-refractivity contribution in [2.45, 2.75) is 38.9 Å². The Morgan fingerprint density at radius 2 is 2.19 bits per heavy atom. The first-order valence-electron chi connectivity index (χ1n) is 5.57. The fraction of sp³-hybridized carbons (Fsp3) is 0.667. The van der Waals surface area contributed by atoms with E-state index < -0.39 is 5.97 Å². The lowest BCUT2D eigenvalue weighted by Gasteiger charge is -2.30. The minimum Gasteiger partial charge on any atom is -0.458 e. The van der Waals surface area contributed by atoms with Crippen molar-refractivity contribution in [1.82, 2.24) is 0 Å². The van der Waals surface area contributed by atoms with E-state index in [9.17, 15) is 9.59 Å². The number of carbonyl (C=O) groups excluding carboxylic acids is 2. The first-order chi connectivity index (χ1) is 7.50. The Balaban J connectivity index is 2.05. The third-order valence-corrected chi connectivity index (χ3v) is 3.44. The summed E-state index contributed by atoms with van der Waals surface area (Å²) in [5.41, 5.74) is 0.374. The number of esters is 2. The van der Waals surface area contributed by atoms with Crippen molar-refractivity contribution in [3.05, 3.63) is 12.2 Å². The van der Waals surface area contributed by atoms with Crippen LogP contribution in [0, 0.1) is 11.8 Å². The van der Waals surface area contributed by atoms with Crippen LogP contribution in [0.1, 0.15) is 26.7 Å². The van der Waals surface area contributed by atoms with Crippen LogP contribution in [-0.2, 0) is 19.1 Å². The molecule has 4 heteroatoms. The van der Waals surface area contributed by atoms with Crippen molar-refractivity contribution in [2.24, 2.45) is 11.8 Å². The number of hydrogen-bond donors (Lipinski definition) is 0. The number of hydrogen-bond acceptors (Lipinski definition) is 4. The van der Waals surface area contributed by atoms with Gasteiger partial charge in [0.15, 0.2) is 0 Å². The van der Waals surface area contributed by atoms with Gasteiger partial charge in [-0.05, 0) is 19.8 Å². The summed E-state index contributed by atoms with van der Waals surface area (Å²) in [4.78, 5) is 22.9. The Morgan fingerprint density at radius 3 is 2.81 bits per heavy atom. The maximum atomic E-state index is 11.5. The molecule has 4 unspecified atom stereocenters. The Kier molecular flexibility index (Phi) is 2.74. The van der Waals surface area contributed by atoms with Gasteiger partial charge < -0.3 is 9.47 Å². The zero-order valence-electron chi connectivity index (χ0n) is 9.56. The number of ether oxygens (including phenoxy) is 2. The highest BCUT2D eigenvalue weighted by atomic mass is 16.6. The number of rotatable bonds is 2. The summed E-state index contributed by atoms with van der Waals surface area (Å²) in [5, 5.41) is 0. The van der Waals surface area contributed by atoms with Crippen LogP contribution in [0.3, 0.4) is 0 Å². The largest absolute Gasteiger partial charge is 0.458 e. The van der Waals surface area contributed by atoms with E-state index in [0.717, 1.165) is 6.42 Å². The van der Waals surface area contributed by atoms with Gasteiger partial charge in [0.2, 0.25) is 0 Å². The molecule has 4 nitrogen and oxygen atoms in total. The molecule has 0 spiro atoms. The highest BCUT2D eigenvalue weighted by Gasteiger charge is 2.50. The molecule has 4 atom stereocenters. The molecule has 1 aliphatic carbocycles. The van der Waals surface area contributed by atoms with E-state index in [0.29, 0.717) is 12.0 Å². The summed E-state index contributed by atoms with van der Waals surface area (Å²) in [6.45, 7) is 7.12. The zero-order chi connectivity index (χ0) is 11.9. The molecule has 0 amide bonds. The SMILES string of the molecule is C=C(C)C(=O)OC1CCC2C(=O)OC1C2C. The number of carbonyl (C=O) groups is 2. The molecule has 2 aliphatic rings. The highest BCUT2D eigenvalue weighted by molar-refractivity contribution is 5.87. The Hall–Kier alpha value is -1.32. The van der Waals surface area contributed by atoms with Gasteiger partial charge in [0, 0.05) is 11.5 Å². The molecule has 16 heavy (non-hydrogen) atoms.